The van der Waals surface area contributed by atoms with Crippen molar-refractivity contribution < 1.29 is 14.3 Å². The Labute approximate surface area is 187 Å². The van der Waals surface area contributed by atoms with Gasteiger partial charge in [-0.1, -0.05) is 12.1 Å². The fourth-order valence-electron chi connectivity index (χ4n) is 3.79. The number of nitrogens with one attached hydrogen (secondary N) is 1. The topological polar surface area (TPSA) is 61.9 Å². The van der Waals surface area contributed by atoms with Crippen LogP contribution >= 0.6 is 11.8 Å². The van der Waals surface area contributed by atoms with E-state index in [4.69, 9.17) is 4.74 Å². The van der Waals surface area contributed by atoms with Gasteiger partial charge in [0.05, 0.1) is 6.61 Å². The molecule has 4 rings (SSSR count). The Morgan fingerprint density at radius 2 is 1.74 bits per heavy atom. The van der Waals surface area contributed by atoms with Gasteiger partial charge in [0.1, 0.15) is 0 Å². The molecule has 1 saturated heterocycles. The van der Waals surface area contributed by atoms with Crippen molar-refractivity contribution in [3.8, 4) is 0 Å². The van der Waals surface area contributed by atoms with Crippen molar-refractivity contribution in [2.45, 2.75) is 13.8 Å². The lowest BCUT2D eigenvalue weighted by Gasteiger charge is -2.37. The average molecular weight is 438 g/mol. The Morgan fingerprint density at radius 3 is 2.42 bits per heavy atom. The molecule has 0 aliphatic carbocycles. The van der Waals surface area contributed by atoms with E-state index in [1.807, 2.05) is 4.90 Å². The zero-order valence-electron chi connectivity index (χ0n) is 17.9. The van der Waals surface area contributed by atoms with E-state index in [1.54, 1.807) is 41.4 Å². The van der Waals surface area contributed by atoms with Crippen LogP contribution in [0.15, 0.2) is 53.6 Å². The smallest absolute Gasteiger partial charge is 0.291 e. The van der Waals surface area contributed by atoms with Crippen LogP contribution in [0.3, 0.4) is 0 Å². The number of thioether (sulfide) groups is 1. The van der Waals surface area contributed by atoms with Crippen LogP contribution in [0.4, 0.5) is 11.4 Å². The van der Waals surface area contributed by atoms with Crippen LogP contribution in [0, 0.1) is 13.8 Å². The Hall–Kier alpha value is -2.93. The lowest BCUT2D eigenvalue weighted by Crippen LogP contribution is -2.49. The second-order valence-electron chi connectivity index (χ2n) is 7.73. The number of carbonyl (C=O) groups excluding carboxylic acids is 2. The summed E-state index contributed by atoms with van der Waals surface area (Å²) in [7, 11) is 0. The molecule has 0 atom stereocenters. The molecule has 2 amide bonds. The van der Waals surface area contributed by atoms with E-state index in [0.717, 1.165) is 18.8 Å². The molecule has 2 aliphatic rings. The zero-order chi connectivity index (χ0) is 21.8. The average Bonchev–Trinajstić information content (AvgIpc) is 2.81. The van der Waals surface area contributed by atoms with E-state index in [-0.39, 0.29) is 11.8 Å². The molecule has 0 aromatic heterocycles. The molecule has 0 unspecified atom stereocenters. The Kier molecular flexibility index (Phi) is 6.51. The van der Waals surface area contributed by atoms with Crippen LogP contribution in [0.1, 0.15) is 21.5 Å². The minimum Gasteiger partial charge on any atom is -0.487 e. The summed E-state index contributed by atoms with van der Waals surface area (Å²) < 4.78 is 5.37. The monoisotopic (exact) mass is 437 g/mol. The van der Waals surface area contributed by atoms with Gasteiger partial charge in [0.15, 0.2) is 5.76 Å². The maximum atomic E-state index is 12.9. The van der Waals surface area contributed by atoms with Crippen molar-refractivity contribution >= 4 is 35.0 Å². The van der Waals surface area contributed by atoms with Crippen LogP contribution in [0.5, 0.6) is 0 Å². The van der Waals surface area contributed by atoms with Gasteiger partial charge >= 0.3 is 0 Å². The maximum Gasteiger partial charge on any atom is 0.291 e. The van der Waals surface area contributed by atoms with Gasteiger partial charge in [-0.3, -0.25) is 9.59 Å². The molecule has 7 heteroatoms. The largest absolute Gasteiger partial charge is 0.487 e. The molecule has 1 N–H and O–H groups in total. The van der Waals surface area contributed by atoms with Crippen LogP contribution in [-0.2, 0) is 9.53 Å². The Morgan fingerprint density at radius 1 is 1.00 bits per heavy atom. The van der Waals surface area contributed by atoms with Crippen molar-refractivity contribution in [1.29, 1.82) is 0 Å². The number of piperazine rings is 1. The van der Waals surface area contributed by atoms with E-state index in [1.165, 1.54) is 16.8 Å². The van der Waals surface area contributed by atoms with Crippen molar-refractivity contribution in [3.05, 3.63) is 70.3 Å². The second kappa shape index (κ2) is 9.47. The Bertz CT molecular complexity index is 996. The number of hydrogen-bond acceptors (Lipinski definition) is 5. The molecular formula is C24H27N3O3S. The molecule has 2 heterocycles. The predicted molar refractivity (Wildman–Crippen MR) is 126 cm³/mol. The summed E-state index contributed by atoms with van der Waals surface area (Å²) in [6.07, 6.45) is 0. The molecular weight excluding hydrogens is 410 g/mol. The molecule has 2 aliphatic heterocycles. The van der Waals surface area contributed by atoms with Gasteiger partial charge in [-0.15, -0.1) is 11.8 Å². The lowest BCUT2D eigenvalue weighted by molar-refractivity contribution is -0.116. The van der Waals surface area contributed by atoms with Crippen molar-refractivity contribution in [1.82, 2.24) is 4.90 Å². The molecule has 0 radical (unpaired) electrons. The number of aryl methyl sites for hydroxylation is 1. The predicted octanol–water partition coefficient (Wildman–Crippen LogP) is 3.81. The van der Waals surface area contributed by atoms with Gasteiger partial charge in [-0.2, -0.15) is 0 Å². The first kappa shape index (κ1) is 21.3. The van der Waals surface area contributed by atoms with Crippen molar-refractivity contribution in [2.75, 3.05) is 48.8 Å². The summed E-state index contributed by atoms with van der Waals surface area (Å²) in [5.74, 6) is 0.937. The molecule has 0 spiro atoms. The standard InChI is InChI=1S/C24H27N3O3S/c1-17-4-3-5-21(18(17)2)26-10-12-27(13-11-26)24(29)19-6-8-20(9-7-19)25-23(28)22-16-31-15-14-30-22/h3-9,16H,10-15H2,1-2H3,(H,25,28). The Balaban J connectivity index is 1.34. The number of carbonyl (C=O) groups is 2. The fraction of sp³-hybridized carbons (Fsp3) is 0.333. The number of benzene rings is 2. The molecule has 6 nitrogen and oxygen atoms in total. The first-order valence-corrected chi connectivity index (χ1v) is 11.5. The zero-order valence-corrected chi connectivity index (χ0v) is 18.7. The summed E-state index contributed by atoms with van der Waals surface area (Å²) in [4.78, 5) is 29.4. The molecule has 31 heavy (non-hydrogen) atoms. The van der Waals surface area contributed by atoms with E-state index >= 15 is 0 Å². The summed E-state index contributed by atoms with van der Waals surface area (Å²) in [5.41, 5.74) is 5.10. The minimum absolute atomic E-state index is 0.0215. The number of amides is 2. The van der Waals surface area contributed by atoms with E-state index in [9.17, 15) is 9.59 Å². The number of anilines is 2. The van der Waals surface area contributed by atoms with Crippen LogP contribution in [0.2, 0.25) is 0 Å². The van der Waals surface area contributed by atoms with Crippen LogP contribution in [0.25, 0.3) is 0 Å². The third-order valence-electron chi connectivity index (χ3n) is 5.75. The van der Waals surface area contributed by atoms with Gasteiger partial charge in [0.2, 0.25) is 0 Å². The van der Waals surface area contributed by atoms with E-state index in [2.05, 4.69) is 42.3 Å². The normalized spacial score (nSPS) is 16.4. The van der Waals surface area contributed by atoms with Crippen molar-refractivity contribution in [3.63, 3.8) is 0 Å². The molecule has 2 aromatic rings. The highest BCUT2D eigenvalue weighted by molar-refractivity contribution is 8.02. The van der Waals surface area contributed by atoms with Gasteiger partial charge in [-0.05, 0) is 55.3 Å². The molecule has 162 valence electrons. The number of nitrogens with zero attached hydrogens (tertiary/aromatic N) is 2. The molecule has 2 aromatic carbocycles. The van der Waals surface area contributed by atoms with Crippen LogP contribution in [-0.4, -0.2) is 55.3 Å². The lowest BCUT2D eigenvalue weighted by atomic mass is 10.1. The van der Waals surface area contributed by atoms with E-state index in [0.29, 0.717) is 36.7 Å². The van der Waals surface area contributed by atoms with Gasteiger partial charge in [0, 0.05) is 54.3 Å². The van der Waals surface area contributed by atoms with Crippen molar-refractivity contribution in [2.24, 2.45) is 0 Å². The molecule has 1 fully saturated rings. The summed E-state index contributed by atoms with van der Waals surface area (Å²) >= 11 is 1.56. The maximum absolute atomic E-state index is 12.9. The summed E-state index contributed by atoms with van der Waals surface area (Å²) in [5, 5.41) is 4.54. The number of ether oxygens (including phenoxy) is 1. The summed E-state index contributed by atoms with van der Waals surface area (Å²) in [6, 6.07) is 13.4. The highest BCUT2D eigenvalue weighted by atomic mass is 32.2. The van der Waals surface area contributed by atoms with Crippen LogP contribution < -0.4 is 10.2 Å². The number of rotatable bonds is 4. The number of hydrogen-bond donors (Lipinski definition) is 1. The SMILES string of the molecule is Cc1cccc(N2CCN(C(=O)c3ccc(NC(=O)C4=CSCCO4)cc3)CC2)c1C. The first-order valence-electron chi connectivity index (χ1n) is 10.5. The van der Waals surface area contributed by atoms with E-state index < -0.39 is 0 Å². The highest BCUT2D eigenvalue weighted by Crippen LogP contribution is 2.24. The third kappa shape index (κ3) is 4.88. The molecule has 0 bridgehead atoms. The van der Waals surface area contributed by atoms with Gasteiger partial charge < -0.3 is 19.9 Å². The van der Waals surface area contributed by atoms with Gasteiger partial charge in [0.25, 0.3) is 11.8 Å². The third-order valence-corrected chi connectivity index (χ3v) is 6.53. The second-order valence-corrected chi connectivity index (χ2v) is 8.71. The molecule has 0 saturated carbocycles. The quantitative estimate of drug-likeness (QED) is 0.788. The first-order chi connectivity index (χ1) is 15.0. The fourth-order valence-corrected chi connectivity index (χ4v) is 4.41. The summed E-state index contributed by atoms with van der Waals surface area (Å²) in [6.45, 7) is 7.82. The minimum atomic E-state index is -0.270. The van der Waals surface area contributed by atoms with Gasteiger partial charge in [-0.25, -0.2) is 0 Å². The highest BCUT2D eigenvalue weighted by Gasteiger charge is 2.23.